The monoisotopic (exact) mass is 665 g/mol. The van der Waals surface area contributed by atoms with Gasteiger partial charge in [0.1, 0.15) is 5.75 Å². The van der Waals surface area contributed by atoms with E-state index in [1.165, 1.54) is 11.1 Å². The quantitative estimate of drug-likeness (QED) is 0.290. The maximum Gasteiger partial charge on any atom is 0.262 e. The van der Waals surface area contributed by atoms with Crippen molar-refractivity contribution in [3.05, 3.63) is 70.3 Å². The summed E-state index contributed by atoms with van der Waals surface area (Å²) in [6, 6.07) is 11.7. The van der Waals surface area contributed by atoms with Crippen LogP contribution in [-0.4, -0.2) is 52.9 Å². The molecule has 0 saturated heterocycles. The van der Waals surface area contributed by atoms with Gasteiger partial charge in [-0.2, -0.15) is 0 Å². The van der Waals surface area contributed by atoms with Crippen molar-refractivity contribution in [3.8, 4) is 5.75 Å². The summed E-state index contributed by atoms with van der Waals surface area (Å²) in [5, 5.41) is 3.83. The van der Waals surface area contributed by atoms with E-state index < -0.39 is 9.71 Å². The van der Waals surface area contributed by atoms with Crippen LogP contribution < -0.4 is 19.7 Å². The topological polar surface area (TPSA) is 87.7 Å². The summed E-state index contributed by atoms with van der Waals surface area (Å²) >= 11 is 6.45. The largest absolute Gasteiger partial charge is 0.490 e. The van der Waals surface area contributed by atoms with E-state index in [4.69, 9.17) is 16.3 Å². The van der Waals surface area contributed by atoms with Crippen LogP contribution in [0.25, 0.3) is 0 Å². The fourth-order valence-corrected chi connectivity index (χ4v) is 9.80. The number of aryl methyl sites for hydroxylation is 1. The molecule has 1 fully saturated rings. The van der Waals surface area contributed by atoms with Crippen LogP contribution in [0.5, 0.6) is 5.75 Å². The van der Waals surface area contributed by atoms with Crippen molar-refractivity contribution < 1.29 is 18.5 Å². The van der Waals surface area contributed by atoms with Crippen molar-refractivity contribution in [2.75, 3.05) is 24.6 Å². The number of ether oxygens (including phenoxy) is 1. The van der Waals surface area contributed by atoms with Crippen molar-refractivity contribution in [1.82, 2.24) is 10.0 Å². The van der Waals surface area contributed by atoms with Crippen LogP contribution in [0.1, 0.15) is 87.2 Å². The first-order valence-electron chi connectivity index (χ1n) is 17.0. The van der Waals surface area contributed by atoms with Gasteiger partial charge in [0.2, 0.25) is 5.91 Å². The summed E-state index contributed by atoms with van der Waals surface area (Å²) in [7, 11) is -2.91. The summed E-state index contributed by atoms with van der Waals surface area (Å²) in [6.45, 7) is 7.90. The molecule has 2 bridgehead atoms. The predicted octanol–water partition coefficient (Wildman–Crippen LogP) is 6.47. The van der Waals surface area contributed by atoms with Crippen LogP contribution in [0.4, 0.5) is 5.69 Å². The molecule has 4 aliphatic rings. The SMILES string of the molecule is C=S1(=O)NC(=O)c2ccc3c(c2)N(C[C@@H]2CC[C@H]2[C@H](NC(=O)C(C)C)/C=C/CC[C@H]1CC)C[C@@]1(CCCc2cc(Cl)ccc21)CO3. The average molecular weight is 666 g/mol. The van der Waals surface area contributed by atoms with Crippen LogP contribution in [-0.2, 0) is 26.3 Å². The van der Waals surface area contributed by atoms with Gasteiger partial charge in [0, 0.05) is 40.3 Å². The smallest absolute Gasteiger partial charge is 0.262 e. The Hall–Kier alpha value is -2.97. The Bertz CT molecular complexity index is 1620. The van der Waals surface area contributed by atoms with E-state index >= 15 is 0 Å². The molecule has 2 aliphatic heterocycles. The van der Waals surface area contributed by atoms with Gasteiger partial charge in [0.15, 0.2) is 0 Å². The van der Waals surface area contributed by atoms with Crippen molar-refractivity contribution in [3.63, 3.8) is 0 Å². The molecule has 6 atom stereocenters. The molecule has 6 rings (SSSR count). The summed E-state index contributed by atoms with van der Waals surface area (Å²) in [4.78, 5) is 29.0. The van der Waals surface area contributed by atoms with Crippen molar-refractivity contribution in [1.29, 1.82) is 0 Å². The highest BCUT2D eigenvalue weighted by molar-refractivity contribution is 7.99. The number of rotatable bonds is 3. The van der Waals surface area contributed by atoms with Gasteiger partial charge in [-0.15, -0.1) is 0 Å². The molecule has 1 unspecified atom stereocenters. The number of nitrogens with one attached hydrogen (secondary N) is 2. The van der Waals surface area contributed by atoms with Crippen LogP contribution in [0.15, 0.2) is 48.6 Å². The molecule has 1 saturated carbocycles. The number of halogens is 1. The highest BCUT2D eigenvalue weighted by Crippen LogP contribution is 2.47. The molecule has 2 N–H and O–H groups in total. The second-order valence-corrected chi connectivity index (χ2v) is 16.9. The first kappa shape index (κ1) is 33.0. The van der Waals surface area contributed by atoms with Crippen LogP contribution >= 0.6 is 11.6 Å². The fourth-order valence-electron chi connectivity index (χ4n) is 7.95. The predicted molar refractivity (Wildman–Crippen MR) is 188 cm³/mol. The van der Waals surface area contributed by atoms with E-state index in [9.17, 15) is 13.8 Å². The van der Waals surface area contributed by atoms with Crippen LogP contribution in [0.2, 0.25) is 5.02 Å². The van der Waals surface area contributed by atoms with Gasteiger partial charge in [0.05, 0.1) is 28.0 Å². The van der Waals surface area contributed by atoms with Gasteiger partial charge in [-0.1, -0.05) is 50.6 Å². The molecule has 2 amide bonds. The minimum absolute atomic E-state index is 0.0548. The normalized spacial score (nSPS) is 31.8. The Morgan fingerprint density at radius 2 is 2.04 bits per heavy atom. The standard InChI is InChI=1S/C37H48ClN3O4S/c1-5-29-10-6-7-11-32(39-35(42)24(2)3)30-15-12-27(30)21-41-22-37(18-8-9-25-19-28(38)14-16-31(25)37)23-45-34-17-13-26(20-33(34)41)36(43)40-46(29,4)44/h7,11,13-14,16-17,19-20,24,27,29-30,32H,4-6,8-10,12,15,18,21-23H2,1-3H3,(H,39,42)(H,40,43,44)/b11-7+/t27-,29+,30+,32+,37-,46?/m0/s1. The number of hydrogen-bond acceptors (Lipinski definition) is 5. The van der Waals surface area contributed by atoms with Gasteiger partial charge in [-0.05, 0) is 111 Å². The average Bonchev–Trinajstić information content (AvgIpc) is 3.15. The third-order valence-electron chi connectivity index (χ3n) is 10.8. The van der Waals surface area contributed by atoms with Crippen LogP contribution in [0, 0.1) is 17.8 Å². The maximum atomic E-state index is 13.8. The number of nitrogens with zero attached hydrogens (tertiary/aromatic N) is 1. The summed E-state index contributed by atoms with van der Waals surface area (Å²) < 4.78 is 23.3. The third-order valence-corrected chi connectivity index (χ3v) is 13.2. The van der Waals surface area contributed by atoms with E-state index in [1.54, 1.807) is 6.07 Å². The molecule has 1 spiro atoms. The zero-order chi connectivity index (χ0) is 32.6. The first-order chi connectivity index (χ1) is 22.0. The van der Waals surface area contributed by atoms with Crippen molar-refractivity contribution in [2.45, 2.75) is 88.8 Å². The molecule has 9 heteroatoms. The van der Waals surface area contributed by atoms with E-state index in [0.717, 1.165) is 61.7 Å². The van der Waals surface area contributed by atoms with E-state index in [-0.39, 0.29) is 34.4 Å². The second-order valence-electron chi connectivity index (χ2n) is 14.2. The van der Waals surface area contributed by atoms with Gasteiger partial charge in [0.25, 0.3) is 5.91 Å². The number of anilines is 1. The van der Waals surface area contributed by atoms with Gasteiger partial charge in [-0.25, -0.2) is 4.21 Å². The van der Waals surface area contributed by atoms with E-state index in [0.29, 0.717) is 43.3 Å². The number of allylic oxidation sites excluding steroid dienone is 1. The number of fused-ring (bicyclic) bond motifs is 4. The lowest BCUT2D eigenvalue weighted by atomic mass is 9.68. The number of carbonyl (C=O) groups is 2. The lowest BCUT2D eigenvalue weighted by molar-refractivity contribution is -0.125. The first-order valence-corrected chi connectivity index (χ1v) is 19.1. The third kappa shape index (κ3) is 6.57. The van der Waals surface area contributed by atoms with Crippen LogP contribution in [0.3, 0.4) is 0 Å². The molecular formula is C37H48ClN3O4S. The Balaban J connectivity index is 1.42. The summed E-state index contributed by atoms with van der Waals surface area (Å²) in [6.07, 6.45) is 11.4. The number of hydrogen-bond donors (Lipinski definition) is 2. The summed E-state index contributed by atoms with van der Waals surface area (Å²) in [5.74, 6) is 4.97. The number of carbonyl (C=O) groups excluding carboxylic acids is 2. The number of amides is 2. The Kier molecular flexibility index (Phi) is 9.50. The molecule has 2 aromatic carbocycles. The highest BCUT2D eigenvalue weighted by Gasteiger charge is 2.44. The fraction of sp³-hybridized carbons (Fsp3) is 0.541. The molecule has 0 radical (unpaired) electrons. The zero-order valence-corrected chi connectivity index (χ0v) is 28.9. The molecule has 2 aromatic rings. The summed E-state index contributed by atoms with van der Waals surface area (Å²) in [5.41, 5.74) is 3.66. The highest BCUT2D eigenvalue weighted by atomic mass is 35.5. The minimum Gasteiger partial charge on any atom is -0.490 e. The molecule has 2 aliphatic carbocycles. The lowest BCUT2D eigenvalue weighted by Crippen LogP contribution is -2.52. The maximum absolute atomic E-state index is 13.8. The molecule has 248 valence electrons. The zero-order valence-electron chi connectivity index (χ0n) is 27.4. The van der Waals surface area contributed by atoms with E-state index in [1.807, 2.05) is 39.0 Å². The molecular weight excluding hydrogens is 618 g/mol. The molecule has 0 aromatic heterocycles. The molecule has 46 heavy (non-hydrogen) atoms. The van der Waals surface area contributed by atoms with Gasteiger partial charge in [-0.3, -0.25) is 14.3 Å². The Morgan fingerprint density at radius 3 is 2.78 bits per heavy atom. The molecule has 7 nitrogen and oxygen atoms in total. The number of benzene rings is 2. The van der Waals surface area contributed by atoms with Gasteiger partial charge < -0.3 is 15.0 Å². The second kappa shape index (κ2) is 13.3. The Morgan fingerprint density at radius 1 is 1.22 bits per heavy atom. The van der Waals surface area contributed by atoms with Gasteiger partial charge >= 0.3 is 0 Å². The lowest BCUT2D eigenvalue weighted by Gasteiger charge is -2.46. The minimum atomic E-state index is -2.91. The van der Waals surface area contributed by atoms with E-state index in [2.05, 4.69) is 45.1 Å². The molecule has 2 heterocycles. The van der Waals surface area contributed by atoms with Crippen molar-refractivity contribution in [2.24, 2.45) is 17.8 Å². The van der Waals surface area contributed by atoms with Crippen molar-refractivity contribution >= 4 is 44.7 Å². The Labute approximate surface area is 279 Å².